The van der Waals surface area contributed by atoms with E-state index in [0.29, 0.717) is 23.7 Å². The molecule has 94 valence electrons. The number of hydrogen-bond acceptors (Lipinski definition) is 6. The zero-order chi connectivity index (χ0) is 13.1. The third kappa shape index (κ3) is 2.76. The number of rotatable bonds is 4. The van der Waals surface area contributed by atoms with Gasteiger partial charge in [-0.25, -0.2) is 0 Å². The van der Waals surface area contributed by atoms with Gasteiger partial charge in [0.2, 0.25) is 0 Å². The highest BCUT2D eigenvalue weighted by atomic mass is 16.6. The van der Waals surface area contributed by atoms with Crippen LogP contribution in [-0.2, 0) is 6.54 Å². The highest BCUT2D eigenvalue weighted by Gasteiger charge is 2.09. The molecule has 0 aliphatic heterocycles. The molecule has 2 aromatic rings. The molecule has 0 fully saturated rings. The van der Waals surface area contributed by atoms with Crippen LogP contribution in [0, 0.1) is 17.0 Å². The van der Waals surface area contributed by atoms with E-state index in [1.807, 2.05) is 6.92 Å². The van der Waals surface area contributed by atoms with Crippen molar-refractivity contribution in [1.82, 2.24) is 5.16 Å². The largest absolute Gasteiger partial charge is 0.398 e. The smallest absolute Gasteiger partial charge is 0.273 e. The van der Waals surface area contributed by atoms with Gasteiger partial charge < -0.3 is 15.6 Å². The number of aromatic nitrogens is 1. The van der Waals surface area contributed by atoms with Crippen LogP contribution in [-0.4, -0.2) is 10.1 Å². The van der Waals surface area contributed by atoms with Gasteiger partial charge in [-0.3, -0.25) is 10.1 Å². The Morgan fingerprint density at radius 3 is 2.83 bits per heavy atom. The van der Waals surface area contributed by atoms with Crippen LogP contribution in [0.5, 0.6) is 0 Å². The molecule has 7 heteroatoms. The van der Waals surface area contributed by atoms with E-state index in [0.717, 1.165) is 5.69 Å². The van der Waals surface area contributed by atoms with Crippen LogP contribution in [0.3, 0.4) is 0 Å². The minimum Gasteiger partial charge on any atom is -0.398 e. The predicted octanol–water partition coefficient (Wildman–Crippen LogP) is 2.09. The second kappa shape index (κ2) is 4.74. The van der Waals surface area contributed by atoms with E-state index in [4.69, 9.17) is 10.3 Å². The molecule has 1 heterocycles. The van der Waals surface area contributed by atoms with Crippen molar-refractivity contribution in [1.29, 1.82) is 0 Å². The van der Waals surface area contributed by atoms with Crippen LogP contribution in [0.25, 0.3) is 0 Å². The first-order valence-corrected chi connectivity index (χ1v) is 5.25. The third-order valence-electron chi connectivity index (χ3n) is 2.29. The van der Waals surface area contributed by atoms with Gasteiger partial charge in [0.1, 0.15) is 0 Å². The molecule has 7 nitrogen and oxygen atoms in total. The Bertz CT molecular complexity index is 579. The van der Waals surface area contributed by atoms with E-state index >= 15 is 0 Å². The lowest BCUT2D eigenvalue weighted by Crippen LogP contribution is -2.00. The fourth-order valence-corrected chi connectivity index (χ4v) is 1.53. The van der Waals surface area contributed by atoms with Crippen LogP contribution in [0.1, 0.15) is 11.5 Å². The van der Waals surface area contributed by atoms with E-state index in [1.54, 1.807) is 12.1 Å². The normalized spacial score (nSPS) is 10.3. The first-order valence-electron chi connectivity index (χ1n) is 5.25. The topological polar surface area (TPSA) is 107 Å². The Labute approximate surface area is 103 Å². The van der Waals surface area contributed by atoms with Crippen LogP contribution in [0.15, 0.2) is 28.8 Å². The molecule has 0 aliphatic carbocycles. The van der Waals surface area contributed by atoms with Gasteiger partial charge in [-0.2, -0.15) is 0 Å². The zero-order valence-corrected chi connectivity index (χ0v) is 9.71. The van der Waals surface area contributed by atoms with Crippen LogP contribution in [0.4, 0.5) is 17.1 Å². The number of hydrogen-bond donors (Lipinski definition) is 2. The number of benzene rings is 1. The predicted molar refractivity (Wildman–Crippen MR) is 66.1 cm³/mol. The minimum absolute atomic E-state index is 0.0498. The number of non-ortho nitro benzene ring substituents is 1. The molecule has 0 aliphatic rings. The average Bonchev–Trinajstić information content (AvgIpc) is 2.72. The Balaban J connectivity index is 2.11. The number of nitrogens with one attached hydrogen (secondary N) is 1. The maximum atomic E-state index is 10.7. The molecular formula is C11H12N4O3. The lowest BCUT2D eigenvalue weighted by molar-refractivity contribution is -0.384. The minimum atomic E-state index is -0.486. The summed E-state index contributed by atoms with van der Waals surface area (Å²) >= 11 is 0. The van der Waals surface area contributed by atoms with Gasteiger partial charge in [0.05, 0.1) is 17.2 Å². The van der Waals surface area contributed by atoms with Crippen LogP contribution in [0.2, 0.25) is 0 Å². The second-order valence-electron chi connectivity index (χ2n) is 3.86. The van der Waals surface area contributed by atoms with E-state index in [2.05, 4.69) is 10.5 Å². The monoisotopic (exact) mass is 248 g/mol. The van der Waals surface area contributed by atoms with Crippen molar-refractivity contribution >= 4 is 17.1 Å². The summed E-state index contributed by atoms with van der Waals surface area (Å²) in [6.45, 7) is 2.21. The summed E-state index contributed by atoms with van der Waals surface area (Å²) in [6, 6.07) is 6.13. The van der Waals surface area contributed by atoms with Crippen LogP contribution < -0.4 is 11.1 Å². The Morgan fingerprint density at radius 1 is 1.44 bits per heavy atom. The number of aryl methyl sites for hydroxylation is 1. The maximum Gasteiger partial charge on any atom is 0.273 e. The van der Waals surface area contributed by atoms with Gasteiger partial charge in [0.25, 0.3) is 5.69 Å². The molecule has 0 saturated heterocycles. The molecule has 0 amide bonds. The standard InChI is InChI=1S/C11H12N4O3/c1-7-2-11(18-14-7)6-13-9-3-8(12)4-10(5-9)15(16)17/h2-5,13H,6,12H2,1H3. The summed E-state index contributed by atoms with van der Waals surface area (Å²) in [4.78, 5) is 10.2. The number of nitrogens with zero attached hydrogens (tertiary/aromatic N) is 2. The number of nitrogen functional groups attached to an aromatic ring is 1. The molecule has 0 bridgehead atoms. The summed E-state index contributed by atoms with van der Waals surface area (Å²) in [6.07, 6.45) is 0. The van der Waals surface area contributed by atoms with Crippen molar-refractivity contribution in [3.05, 3.63) is 45.8 Å². The molecule has 1 aromatic carbocycles. The first kappa shape index (κ1) is 11.9. The van der Waals surface area contributed by atoms with Crippen molar-refractivity contribution < 1.29 is 9.45 Å². The fraction of sp³-hybridized carbons (Fsp3) is 0.182. The van der Waals surface area contributed by atoms with Crippen molar-refractivity contribution in [2.75, 3.05) is 11.1 Å². The lowest BCUT2D eigenvalue weighted by Gasteiger charge is -2.04. The fourth-order valence-electron chi connectivity index (χ4n) is 1.53. The SMILES string of the molecule is Cc1cc(CNc2cc(N)cc([N+](=O)[O-])c2)on1. The van der Waals surface area contributed by atoms with Crippen molar-refractivity contribution in [3.8, 4) is 0 Å². The van der Waals surface area contributed by atoms with Crippen molar-refractivity contribution in [2.24, 2.45) is 0 Å². The molecule has 3 N–H and O–H groups in total. The van der Waals surface area contributed by atoms with E-state index in [9.17, 15) is 10.1 Å². The molecule has 18 heavy (non-hydrogen) atoms. The average molecular weight is 248 g/mol. The van der Waals surface area contributed by atoms with Gasteiger partial charge in [0, 0.05) is 29.6 Å². The van der Waals surface area contributed by atoms with Gasteiger partial charge in [-0.05, 0) is 13.0 Å². The molecule has 0 unspecified atom stereocenters. The Hall–Kier alpha value is -2.57. The van der Waals surface area contributed by atoms with Crippen molar-refractivity contribution in [3.63, 3.8) is 0 Å². The highest BCUT2D eigenvalue weighted by Crippen LogP contribution is 2.22. The summed E-state index contributed by atoms with van der Waals surface area (Å²) in [5, 5.41) is 17.4. The summed E-state index contributed by atoms with van der Waals surface area (Å²) in [7, 11) is 0. The van der Waals surface area contributed by atoms with Crippen molar-refractivity contribution in [2.45, 2.75) is 13.5 Å². The quantitative estimate of drug-likeness (QED) is 0.487. The molecule has 0 radical (unpaired) electrons. The molecule has 0 atom stereocenters. The van der Waals surface area contributed by atoms with E-state index in [-0.39, 0.29) is 5.69 Å². The number of nitro groups is 1. The Kier molecular flexibility index (Phi) is 3.13. The zero-order valence-electron chi connectivity index (χ0n) is 9.71. The molecular weight excluding hydrogens is 236 g/mol. The van der Waals surface area contributed by atoms with Gasteiger partial charge in [-0.1, -0.05) is 5.16 Å². The van der Waals surface area contributed by atoms with E-state index in [1.165, 1.54) is 12.1 Å². The number of nitrogens with two attached hydrogens (primary N) is 1. The summed E-state index contributed by atoms with van der Waals surface area (Å²) in [5.74, 6) is 0.651. The second-order valence-corrected chi connectivity index (χ2v) is 3.86. The molecule has 2 rings (SSSR count). The molecule has 1 aromatic heterocycles. The Morgan fingerprint density at radius 2 is 2.22 bits per heavy atom. The summed E-state index contributed by atoms with van der Waals surface area (Å²) in [5.41, 5.74) is 7.22. The van der Waals surface area contributed by atoms with Gasteiger partial charge >= 0.3 is 0 Å². The molecule has 0 spiro atoms. The van der Waals surface area contributed by atoms with Gasteiger partial charge in [0.15, 0.2) is 5.76 Å². The third-order valence-corrected chi connectivity index (χ3v) is 2.29. The molecule has 0 saturated carbocycles. The van der Waals surface area contributed by atoms with Crippen LogP contribution >= 0.6 is 0 Å². The summed E-state index contributed by atoms with van der Waals surface area (Å²) < 4.78 is 5.02. The highest BCUT2D eigenvalue weighted by molar-refractivity contribution is 5.61. The first-order chi connectivity index (χ1) is 8.54. The maximum absolute atomic E-state index is 10.7. The van der Waals surface area contributed by atoms with Gasteiger partial charge in [-0.15, -0.1) is 0 Å². The number of nitro benzene ring substituents is 1. The number of anilines is 2. The van der Waals surface area contributed by atoms with E-state index < -0.39 is 4.92 Å². The lowest BCUT2D eigenvalue weighted by atomic mass is 10.2.